The largest absolute Gasteiger partial charge is 0.458 e. The first-order valence-electron chi connectivity index (χ1n) is 21.6. The van der Waals surface area contributed by atoms with E-state index in [4.69, 9.17) is 23.8 Å². The van der Waals surface area contributed by atoms with Crippen LogP contribution in [-0.4, -0.2) is 106 Å². The van der Waals surface area contributed by atoms with Gasteiger partial charge in [0.2, 0.25) is 11.8 Å². The number of ether oxygens (including phenoxy) is 4. The highest BCUT2D eigenvalue weighted by atomic mass is 16.8. The van der Waals surface area contributed by atoms with Gasteiger partial charge in [-0.1, -0.05) is 49.8 Å². The van der Waals surface area contributed by atoms with Crippen molar-refractivity contribution in [2.45, 2.75) is 159 Å². The molecule has 4 saturated heterocycles. The number of nitrogens with zero attached hydrogens (tertiary/aromatic N) is 1. The number of fused-ring (bicyclic) bond motifs is 6. The van der Waals surface area contributed by atoms with E-state index in [1.54, 1.807) is 5.06 Å². The summed E-state index contributed by atoms with van der Waals surface area (Å²) in [6, 6.07) is 5.84. The summed E-state index contributed by atoms with van der Waals surface area (Å²) in [6.07, 6.45) is 8.04. The second kappa shape index (κ2) is 13.6. The Morgan fingerprint density at radius 1 is 1.02 bits per heavy atom. The third-order valence-electron chi connectivity index (χ3n) is 15.4. The number of carbonyl (C=O) groups excluding carboxylic acids is 3. The van der Waals surface area contributed by atoms with E-state index < -0.39 is 71.6 Å². The standard InChI is InChI=1S/C44H59N3O10/c1-23(49)33(38(50)45-16-17-48)46-40(52)43-21-31-34-35(56-44(55-34,27-9-10-27)28-11-12-28)37(43)57-47(36(43)39(51)53-31)22-25-7-5-6-24(18-25)19-26-8-13-32-42(4,54-32)15-14-30-29(26)20-41(30,2)3/h5-7,18-19,23,27-37,48-49H,8-17,20-22H2,1-4H3,(H,45,50)(H,46,52)/t23-,29+,30+,31+,32?,33+,34-,35-,36-,37+,42+,43-/m0/s1. The Morgan fingerprint density at radius 2 is 1.77 bits per heavy atom. The maximum Gasteiger partial charge on any atom is 0.327 e. The number of amides is 2. The van der Waals surface area contributed by atoms with Crippen LogP contribution in [0.2, 0.25) is 0 Å². The van der Waals surface area contributed by atoms with Gasteiger partial charge in [0.05, 0.1) is 31.0 Å². The first-order valence-corrected chi connectivity index (χ1v) is 21.6. The molecule has 4 aliphatic heterocycles. The molecule has 5 saturated carbocycles. The Bertz CT molecular complexity index is 1830. The van der Waals surface area contributed by atoms with Gasteiger partial charge in [-0.2, -0.15) is 5.06 Å². The molecular formula is C44H59N3O10. The Kier molecular flexibility index (Phi) is 9.11. The first kappa shape index (κ1) is 38.3. The Morgan fingerprint density at radius 3 is 2.47 bits per heavy atom. The lowest BCUT2D eigenvalue weighted by Crippen LogP contribution is -2.71. The number of carbonyl (C=O) groups is 3. The zero-order valence-electron chi connectivity index (χ0n) is 33.6. The van der Waals surface area contributed by atoms with Crippen molar-refractivity contribution in [3.8, 4) is 0 Å². The van der Waals surface area contributed by atoms with Crippen LogP contribution in [0.1, 0.15) is 103 Å². The number of aliphatic hydroxyl groups is 2. The minimum atomic E-state index is -1.50. The van der Waals surface area contributed by atoms with E-state index in [0.717, 1.165) is 56.1 Å². The lowest BCUT2D eigenvalue weighted by molar-refractivity contribution is -0.235. The van der Waals surface area contributed by atoms with Gasteiger partial charge < -0.3 is 39.8 Å². The maximum absolute atomic E-state index is 14.9. The molecule has 9 fully saturated rings. The van der Waals surface area contributed by atoms with Crippen molar-refractivity contribution in [1.82, 2.24) is 15.7 Å². The van der Waals surface area contributed by atoms with Gasteiger partial charge in [0.25, 0.3) is 0 Å². The highest BCUT2D eigenvalue weighted by Gasteiger charge is 2.78. The van der Waals surface area contributed by atoms with Crippen LogP contribution in [0.15, 0.2) is 29.8 Å². The molecule has 9 aliphatic rings. The van der Waals surface area contributed by atoms with Crippen LogP contribution in [0.5, 0.6) is 0 Å². The quantitative estimate of drug-likeness (QED) is 0.191. The average molecular weight is 790 g/mol. The molecule has 13 nitrogen and oxygen atoms in total. The van der Waals surface area contributed by atoms with Crippen molar-refractivity contribution in [2.24, 2.45) is 34.5 Å². The van der Waals surface area contributed by atoms with Gasteiger partial charge in [0, 0.05) is 24.8 Å². The summed E-state index contributed by atoms with van der Waals surface area (Å²) in [5.41, 5.74) is 2.30. The van der Waals surface area contributed by atoms with Gasteiger partial charge in [0.15, 0.2) is 11.8 Å². The molecule has 4 N–H and O–H groups in total. The van der Waals surface area contributed by atoms with E-state index in [2.05, 4.69) is 49.6 Å². The summed E-state index contributed by atoms with van der Waals surface area (Å²) in [5, 5.41) is 27.0. The van der Waals surface area contributed by atoms with E-state index in [1.807, 2.05) is 12.1 Å². The van der Waals surface area contributed by atoms with Gasteiger partial charge in [-0.25, -0.2) is 0 Å². The molecule has 1 unspecified atom stereocenters. The molecule has 0 radical (unpaired) electrons. The lowest BCUT2D eigenvalue weighted by Gasteiger charge is -2.53. The Balaban J connectivity index is 0.965. The SMILES string of the molecule is C[C@H](O)[C@@H](NC(=O)[C@@]12C[C@H]3OC(=O)[C@@H]1N(Cc1cccc(C=C4CCC5O[C@]5(C)CC[C@@H]5[C@@H]4CC5(C)C)c1)O[C@@H]2[C@H]1OC(C2CC2)(C2CC2)O[C@H]13)C(=O)NCCO. The number of nitrogens with one attached hydrogen (secondary N) is 2. The number of hydrogen-bond donors (Lipinski definition) is 4. The van der Waals surface area contributed by atoms with E-state index in [1.165, 1.54) is 25.3 Å². The summed E-state index contributed by atoms with van der Waals surface area (Å²) in [4.78, 5) is 49.2. The van der Waals surface area contributed by atoms with Gasteiger partial charge in [-0.05, 0) is 100 Å². The smallest absolute Gasteiger partial charge is 0.327 e. The molecule has 1 aromatic carbocycles. The van der Waals surface area contributed by atoms with E-state index in [-0.39, 0.29) is 43.6 Å². The molecule has 0 aromatic heterocycles. The topological polar surface area (TPSA) is 168 Å². The minimum Gasteiger partial charge on any atom is -0.458 e. The highest BCUT2D eigenvalue weighted by Crippen LogP contribution is 2.64. The molecule has 2 amide bonds. The number of allylic oxidation sites excluding steroid dienone is 1. The fraction of sp³-hybridized carbons (Fsp3) is 0.750. The van der Waals surface area contributed by atoms with Crippen molar-refractivity contribution >= 4 is 23.9 Å². The monoisotopic (exact) mass is 789 g/mol. The predicted octanol–water partition coefficient (Wildman–Crippen LogP) is 3.54. The summed E-state index contributed by atoms with van der Waals surface area (Å²) in [5.74, 6) is -0.967. The molecule has 0 spiro atoms. The molecule has 12 atom stereocenters. The summed E-state index contributed by atoms with van der Waals surface area (Å²) >= 11 is 0. The Labute approximate surface area is 334 Å². The van der Waals surface area contributed by atoms with Crippen LogP contribution >= 0.6 is 0 Å². The molecule has 57 heavy (non-hydrogen) atoms. The van der Waals surface area contributed by atoms with Crippen LogP contribution in [-0.2, 0) is 44.7 Å². The van der Waals surface area contributed by atoms with E-state index in [0.29, 0.717) is 23.4 Å². The molecule has 1 aromatic rings. The number of epoxide rings is 1. The molecule has 310 valence electrons. The van der Waals surface area contributed by atoms with Gasteiger partial charge >= 0.3 is 5.97 Å². The molecular weight excluding hydrogens is 730 g/mol. The average Bonchev–Trinajstić information content (AvgIpc) is 4.11. The maximum atomic E-state index is 14.9. The third kappa shape index (κ3) is 6.23. The molecule has 2 bridgehead atoms. The fourth-order valence-electron chi connectivity index (χ4n) is 12.0. The number of benzene rings is 1. The number of hydroxylamine groups is 2. The summed E-state index contributed by atoms with van der Waals surface area (Å²) in [7, 11) is 0. The van der Waals surface area contributed by atoms with Crippen molar-refractivity contribution in [3.05, 3.63) is 41.0 Å². The second-order valence-corrected chi connectivity index (χ2v) is 19.7. The Hall–Kier alpha value is -2.91. The van der Waals surface area contributed by atoms with Crippen LogP contribution in [0.4, 0.5) is 0 Å². The molecule has 10 rings (SSSR count). The van der Waals surface area contributed by atoms with Crippen molar-refractivity contribution in [2.75, 3.05) is 13.2 Å². The molecule has 5 aliphatic carbocycles. The van der Waals surface area contributed by atoms with Gasteiger partial charge in [0.1, 0.15) is 35.9 Å². The number of esters is 1. The van der Waals surface area contributed by atoms with E-state index >= 15 is 0 Å². The number of rotatable bonds is 11. The zero-order chi connectivity index (χ0) is 39.6. The summed E-state index contributed by atoms with van der Waals surface area (Å²) in [6.45, 7) is 8.35. The van der Waals surface area contributed by atoms with Crippen LogP contribution in [0, 0.1) is 34.5 Å². The summed E-state index contributed by atoms with van der Waals surface area (Å²) < 4.78 is 26.2. The van der Waals surface area contributed by atoms with Gasteiger partial charge in [-0.3, -0.25) is 19.2 Å². The minimum absolute atomic E-state index is 0.0175. The second-order valence-electron chi connectivity index (χ2n) is 19.7. The normalized spacial score (nSPS) is 41.5. The molecule has 4 heterocycles. The van der Waals surface area contributed by atoms with Crippen LogP contribution in [0.25, 0.3) is 6.08 Å². The van der Waals surface area contributed by atoms with Crippen LogP contribution in [0.3, 0.4) is 0 Å². The first-order chi connectivity index (χ1) is 27.3. The van der Waals surface area contributed by atoms with E-state index in [9.17, 15) is 24.6 Å². The lowest BCUT2D eigenvalue weighted by atomic mass is 9.52. The van der Waals surface area contributed by atoms with Gasteiger partial charge in [-0.15, -0.1) is 0 Å². The molecule has 13 heteroatoms. The predicted molar refractivity (Wildman–Crippen MR) is 204 cm³/mol. The fourth-order valence-corrected chi connectivity index (χ4v) is 12.0. The van der Waals surface area contributed by atoms with Crippen molar-refractivity contribution in [3.63, 3.8) is 0 Å². The highest BCUT2D eigenvalue weighted by molar-refractivity contribution is 5.96. The van der Waals surface area contributed by atoms with Crippen molar-refractivity contribution in [1.29, 1.82) is 0 Å². The third-order valence-corrected chi connectivity index (χ3v) is 15.4. The van der Waals surface area contributed by atoms with Crippen LogP contribution < -0.4 is 10.6 Å². The number of aliphatic hydroxyl groups excluding tert-OH is 2. The number of hydrogen-bond acceptors (Lipinski definition) is 11. The zero-order valence-corrected chi connectivity index (χ0v) is 33.6. The van der Waals surface area contributed by atoms with Crippen molar-refractivity contribution < 1.29 is 48.4 Å².